The van der Waals surface area contributed by atoms with Gasteiger partial charge in [0.15, 0.2) is 0 Å². The topological polar surface area (TPSA) is 72.2 Å². The van der Waals surface area contributed by atoms with Crippen molar-refractivity contribution in [3.8, 4) is 0 Å². The number of nitrogens with two attached hydrogens (primary N) is 1. The van der Waals surface area contributed by atoms with Crippen LogP contribution in [-0.4, -0.2) is 21.1 Å². The SMILES string of the molecule is CCC(C)S(=O)CC(=O)Nc1cc(Cl)ccc1N. The molecule has 0 bridgehead atoms. The minimum absolute atomic E-state index is 0.00691. The van der Waals surface area contributed by atoms with Gasteiger partial charge in [-0.1, -0.05) is 25.4 Å². The van der Waals surface area contributed by atoms with Gasteiger partial charge in [-0.2, -0.15) is 0 Å². The van der Waals surface area contributed by atoms with Crippen molar-refractivity contribution in [2.45, 2.75) is 25.5 Å². The van der Waals surface area contributed by atoms with E-state index in [0.29, 0.717) is 16.4 Å². The monoisotopic (exact) mass is 288 g/mol. The third kappa shape index (κ3) is 4.31. The van der Waals surface area contributed by atoms with Crippen LogP contribution in [0.3, 0.4) is 0 Å². The molecule has 3 N–H and O–H groups in total. The molecule has 0 fully saturated rings. The zero-order valence-electron chi connectivity index (χ0n) is 10.4. The van der Waals surface area contributed by atoms with Crippen LogP contribution in [0.2, 0.25) is 5.02 Å². The first-order valence-electron chi connectivity index (χ1n) is 5.66. The maximum atomic E-state index is 11.7. The molecule has 2 atom stereocenters. The van der Waals surface area contributed by atoms with E-state index in [4.69, 9.17) is 17.3 Å². The number of carbonyl (C=O) groups is 1. The van der Waals surface area contributed by atoms with Crippen LogP contribution in [0, 0.1) is 0 Å². The van der Waals surface area contributed by atoms with Crippen LogP contribution in [0.4, 0.5) is 11.4 Å². The second kappa shape index (κ2) is 6.75. The lowest BCUT2D eigenvalue weighted by Crippen LogP contribution is -2.24. The van der Waals surface area contributed by atoms with Crippen LogP contribution in [-0.2, 0) is 15.6 Å². The number of nitrogens with one attached hydrogen (secondary N) is 1. The molecule has 0 spiro atoms. The number of anilines is 2. The average Bonchev–Trinajstić information content (AvgIpc) is 2.32. The van der Waals surface area contributed by atoms with Gasteiger partial charge in [0.2, 0.25) is 5.91 Å². The maximum absolute atomic E-state index is 11.7. The summed E-state index contributed by atoms with van der Waals surface area (Å²) in [6.45, 7) is 3.80. The average molecular weight is 289 g/mol. The number of hydrogen-bond acceptors (Lipinski definition) is 3. The highest BCUT2D eigenvalue weighted by molar-refractivity contribution is 7.86. The van der Waals surface area contributed by atoms with Gasteiger partial charge in [0.25, 0.3) is 0 Å². The van der Waals surface area contributed by atoms with E-state index in [1.54, 1.807) is 18.2 Å². The molecule has 1 aromatic carbocycles. The minimum atomic E-state index is -1.17. The Bertz CT molecular complexity index is 465. The lowest BCUT2D eigenvalue weighted by molar-refractivity contribution is -0.113. The number of rotatable bonds is 5. The summed E-state index contributed by atoms with van der Waals surface area (Å²) >= 11 is 5.81. The van der Waals surface area contributed by atoms with Crippen molar-refractivity contribution in [3.63, 3.8) is 0 Å². The van der Waals surface area contributed by atoms with E-state index in [9.17, 15) is 9.00 Å². The summed E-state index contributed by atoms with van der Waals surface area (Å²) in [5.41, 5.74) is 6.59. The number of nitrogen functional groups attached to an aromatic ring is 1. The zero-order valence-corrected chi connectivity index (χ0v) is 12.0. The highest BCUT2D eigenvalue weighted by atomic mass is 35.5. The van der Waals surface area contributed by atoms with E-state index < -0.39 is 10.8 Å². The molecule has 18 heavy (non-hydrogen) atoms. The molecule has 100 valence electrons. The summed E-state index contributed by atoms with van der Waals surface area (Å²) in [6.07, 6.45) is 0.777. The summed E-state index contributed by atoms with van der Waals surface area (Å²) in [7, 11) is -1.17. The molecule has 2 unspecified atom stereocenters. The van der Waals surface area contributed by atoms with E-state index in [-0.39, 0.29) is 16.9 Å². The third-order valence-electron chi connectivity index (χ3n) is 2.59. The van der Waals surface area contributed by atoms with Crippen LogP contribution in [0.25, 0.3) is 0 Å². The first kappa shape index (κ1) is 15.0. The lowest BCUT2D eigenvalue weighted by atomic mass is 10.2. The Morgan fingerprint density at radius 1 is 1.56 bits per heavy atom. The van der Waals surface area contributed by atoms with E-state index in [1.165, 1.54) is 0 Å². The van der Waals surface area contributed by atoms with Gasteiger partial charge < -0.3 is 11.1 Å². The van der Waals surface area contributed by atoms with Gasteiger partial charge in [-0.25, -0.2) is 0 Å². The molecule has 0 saturated heterocycles. The van der Waals surface area contributed by atoms with Crippen LogP contribution < -0.4 is 11.1 Å². The number of amides is 1. The Morgan fingerprint density at radius 3 is 2.83 bits per heavy atom. The molecule has 1 aromatic rings. The predicted octanol–water partition coefficient (Wildman–Crippen LogP) is 2.41. The van der Waals surface area contributed by atoms with E-state index in [1.807, 2.05) is 13.8 Å². The zero-order chi connectivity index (χ0) is 13.7. The number of hydrogen-bond donors (Lipinski definition) is 2. The molecule has 0 aromatic heterocycles. The van der Waals surface area contributed by atoms with Crippen LogP contribution in [0.1, 0.15) is 20.3 Å². The molecule has 1 amide bonds. The quantitative estimate of drug-likeness (QED) is 0.817. The van der Waals surface area contributed by atoms with Crippen molar-refractivity contribution < 1.29 is 9.00 Å². The van der Waals surface area contributed by atoms with Crippen molar-refractivity contribution in [1.82, 2.24) is 0 Å². The van der Waals surface area contributed by atoms with Gasteiger partial charge in [-0.3, -0.25) is 9.00 Å². The summed E-state index contributed by atoms with van der Waals surface area (Å²) < 4.78 is 11.7. The van der Waals surface area contributed by atoms with Gasteiger partial charge in [0, 0.05) is 21.1 Å². The normalized spacial score (nSPS) is 13.9. The summed E-state index contributed by atoms with van der Waals surface area (Å²) in [5, 5.41) is 3.11. The Morgan fingerprint density at radius 2 is 2.22 bits per heavy atom. The van der Waals surface area contributed by atoms with Gasteiger partial charge >= 0.3 is 0 Å². The Kier molecular flexibility index (Phi) is 5.62. The van der Waals surface area contributed by atoms with Gasteiger partial charge in [0.05, 0.1) is 11.4 Å². The molecule has 0 saturated carbocycles. The molecule has 0 radical (unpaired) electrons. The van der Waals surface area contributed by atoms with E-state index >= 15 is 0 Å². The molecular formula is C12H17ClN2O2S. The first-order chi connectivity index (χ1) is 8.43. The van der Waals surface area contributed by atoms with Crippen molar-refractivity contribution >= 4 is 39.7 Å². The second-order valence-corrected chi connectivity index (χ2v) is 6.32. The van der Waals surface area contributed by atoms with Crippen LogP contribution >= 0.6 is 11.6 Å². The molecule has 6 heteroatoms. The van der Waals surface area contributed by atoms with Crippen LogP contribution in [0.5, 0.6) is 0 Å². The van der Waals surface area contributed by atoms with Crippen LogP contribution in [0.15, 0.2) is 18.2 Å². The van der Waals surface area contributed by atoms with Gasteiger partial charge in [-0.15, -0.1) is 0 Å². The molecule has 0 aliphatic carbocycles. The molecule has 0 aliphatic rings. The molecule has 0 aliphatic heterocycles. The highest BCUT2D eigenvalue weighted by Gasteiger charge is 2.14. The fraction of sp³-hybridized carbons (Fsp3) is 0.417. The number of halogens is 1. The summed E-state index contributed by atoms with van der Waals surface area (Å²) in [4.78, 5) is 11.7. The van der Waals surface area contributed by atoms with Gasteiger partial charge in [0.1, 0.15) is 5.75 Å². The smallest absolute Gasteiger partial charge is 0.237 e. The van der Waals surface area contributed by atoms with Gasteiger partial charge in [-0.05, 0) is 24.6 Å². The fourth-order valence-electron chi connectivity index (χ4n) is 1.28. The number of benzene rings is 1. The van der Waals surface area contributed by atoms with Crippen molar-refractivity contribution in [1.29, 1.82) is 0 Å². The van der Waals surface area contributed by atoms with Crippen molar-refractivity contribution in [2.75, 3.05) is 16.8 Å². The maximum Gasteiger partial charge on any atom is 0.237 e. The van der Waals surface area contributed by atoms with E-state index in [0.717, 1.165) is 6.42 Å². The number of carbonyl (C=O) groups excluding carboxylic acids is 1. The standard InChI is InChI=1S/C12H17ClN2O2S/c1-3-8(2)18(17)7-12(16)15-11-6-9(13)4-5-10(11)14/h4-6,8H,3,7,14H2,1-2H3,(H,15,16). The Labute approximate surface area is 114 Å². The largest absolute Gasteiger partial charge is 0.397 e. The molecular weight excluding hydrogens is 272 g/mol. The highest BCUT2D eigenvalue weighted by Crippen LogP contribution is 2.22. The third-order valence-corrected chi connectivity index (χ3v) is 4.60. The predicted molar refractivity (Wildman–Crippen MR) is 77.3 cm³/mol. The fourth-order valence-corrected chi connectivity index (χ4v) is 2.44. The molecule has 4 nitrogen and oxygen atoms in total. The minimum Gasteiger partial charge on any atom is -0.397 e. The van der Waals surface area contributed by atoms with Crippen molar-refractivity contribution in [2.24, 2.45) is 0 Å². The second-order valence-electron chi connectivity index (χ2n) is 4.02. The molecule has 0 heterocycles. The Balaban J connectivity index is 2.65. The molecule has 1 rings (SSSR count). The summed E-state index contributed by atoms with van der Waals surface area (Å²) in [6, 6.07) is 4.83. The van der Waals surface area contributed by atoms with E-state index in [2.05, 4.69) is 5.32 Å². The van der Waals surface area contributed by atoms with Crippen molar-refractivity contribution in [3.05, 3.63) is 23.2 Å². The Hall–Kier alpha value is -1.07. The summed E-state index contributed by atoms with van der Waals surface area (Å²) in [5.74, 6) is -0.344. The first-order valence-corrected chi connectivity index (χ1v) is 7.42. The lowest BCUT2D eigenvalue weighted by Gasteiger charge is -2.10.